The standard InChI is InChI=1S/C17H17Cl2NO2/c1-11-5-12(3-4-13(11)10-22-2)9-20-17(21)14-6-15(18)8-16(19)7-14/h3-8H,9-10H2,1-2H3,(H,20,21). The molecule has 2 aromatic rings. The smallest absolute Gasteiger partial charge is 0.251 e. The number of carbonyl (C=O) groups is 1. The van der Waals surface area contributed by atoms with Gasteiger partial charge in [0.2, 0.25) is 0 Å². The molecule has 0 atom stereocenters. The monoisotopic (exact) mass is 337 g/mol. The number of carbonyl (C=O) groups excluding carboxylic acids is 1. The van der Waals surface area contributed by atoms with Gasteiger partial charge in [0.1, 0.15) is 0 Å². The molecule has 0 aliphatic carbocycles. The number of hydrogen-bond acceptors (Lipinski definition) is 2. The fourth-order valence-corrected chi connectivity index (χ4v) is 2.68. The number of benzene rings is 2. The van der Waals surface area contributed by atoms with Gasteiger partial charge >= 0.3 is 0 Å². The minimum absolute atomic E-state index is 0.206. The first-order valence-electron chi connectivity index (χ1n) is 6.81. The van der Waals surface area contributed by atoms with Crippen LogP contribution in [-0.2, 0) is 17.9 Å². The van der Waals surface area contributed by atoms with Gasteiger partial charge in [-0.1, -0.05) is 41.4 Å². The number of hydrogen-bond donors (Lipinski definition) is 1. The Balaban J connectivity index is 2.03. The fraction of sp³-hybridized carbons (Fsp3) is 0.235. The maximum atomic E-state index is 12.1. The molecule has 5 heteroatoms. The average molecular weight is 338 g/mol. The molecule has 0 unspecified atom stereocenters. The molecule has 0 aromatic heterocycles. The first kappa shape index (κ1) is 16.8. The predicted octanol–water partition coefficient (Wildman–Crippen LogP) is 4.38. The van der Waals surface area contributed by atoms with Crippen LogP contribution in [0, 0.1) is 6.92 Å². The van der Waals surface area contributed by atoms with Gasteiger partial charge in [0.05, 0.1) is 6.61 Å². The highest BCUT2D eigenvalue weighted by molar-refractivity contribution is 6.35. The summed E-state index contributed by atoms with van der Waals surface area (Å²) in [5.41, 5.74) is 3.75. The van der Waals surface area contributed by atoms with Crippen LogP contribution in [0.3, 0.4) is 0 Å². The lowest BCUT2D eigenvalue weighted by Gasteiger charge is -2.09. The van der Waals surface area contributed by atoms with Crippen LogP contribution in [0.1, 0.15) is 27.0 Å². The van der Waals surface area contributed by atoms with Crippen molar-refractivity contribution in [1.29, 1.82) is 0 Å². The van der Waals surface area contributed by atoms with E-state index in [1.54, 1.807) is 25.3 Å². The van der Waals surface area contributed by atoms with Crippen LogP contribution in [0.25, 0.3) is 0 Å². The van der Waals surface area contributed by atoms with Gasteiger partial charge in [-0.2, -0.15) is 0 Å². The van der Waals surface area contributed by atoms with E-state index in [1.165, 1.54) is 0 Å². The minimum atomic E-state index is -0.206. The first-order valence-corrected chi connectivity index (χ1v) is 7.57. The Morgan fingerprint density at radius 3 is 2.41 bits per heavy atom. The summed E-state index contributed by atoms with van der Waals surface area (Å²) in [5.74, 6) is -0.206. The molecule has 0 saturated carbocycles. The van der Waals surface area contributed by atoms with Gasteiger partial charge in [0.15, 0.2) is 0 Å². The van der Waals surface area contributed by atoms with Gasteiger partial charge in [-0.25, -0.2) is 0 Å². The van der Waals surface area contributed by atoms with E-state index in [1.807, 2.05) is 25.1 Å². The van der Waals surface area contributed by atoms with Gasteiger partial charge in [-0.05, 0) is 41.8 Å². The maximum absolute atomic E-state index is 12.1. The number of halogens is 2. The fourth-order valence-electron chi connectivity index (χ4n) is 2.15. The van der Waals surface area contributed by atoms with E-state index < -0.39 is 0 Å². The third-order valence-corrected chi connectivity index (χ3v) is 3.72. The summed E-state index contributed by atoms with van der Waals surface area (Å²) in [6, 6.07) is 10.8. The largest absolute Gasteiger partial charge is 0.380 e. The van der Waals surface area contributed by atoms with Crippen LogP contribution in [0.4, 0.5) is 0 Å². The summed E-state index contributed by atoms with van der Waals surface area (Å²) in [5, 5.41) is 3.74. The second kappa shape index (κ2) is 7.63. The lowest BCUT2D eigenvalue weighted by molar-refractivity contribution is 0.0951. The highest BCUT2D eigenvalue weighted by Crippen LogP contribution is 2.19. The van der Waals surface area contributed by atoms with Crippen molar-refractivity contribution in [1.82, 2.24) is 5.32 Å². The summed E-state index contributed by atoms with van der Waals surface area (Å²) < 4.78 is 5.13. The van der Waals surface area contributed by atoms with Crippen LogP contribution in [0.5, 0.6) is 0 Å². The van der Waals surface area contributed by atoms with Gasteiger partial charge in [0, 0.05) is 29.3 Å². The van der Waals surface area contributed by atoms with Crippen LogP contribution in [0.2, 0.25) is 10.0 Å². The number of methoxy groups -OCH3 is 1. The number of ether oxygens (including phenoxy) is 1. The van der Waals surface area contributed by atoms with Crippen molar-refractivity contribution < 1.29 is 9.53 Å². The average Bonchev–Trinajstić information content (AvgIpc) is 2.46. The molecule has 2 aromatic carbocycles. The summed E-state index contributed by atoms with van der Waals surface area (Å²) in [7, 11) is 1.67. The van der Waals surface area contributed by atoms with Crippen LogP contribution in [-0.4, -0.2) is 13.0 Å². The van der Waals surface area contributed by atoms with E-state index >= 15 is 0 Å². The second-order valence-corrected chi connectivity index (χ2v) is 5.91. The minimum Gasteiger partial charge on any atom is -0.380 e. The van der Waals surface area contributed by atoms with Crippen molar-refractivity contribution in [3.63, 3.8) is 0 Å². The van der Waals surface area contributed by atoms with E-state index in [0.29, 0.717) is 28.8 Å². The Hall–Kier alpha value is -1.55. The summed E-state index contributed by atoms with van der Waals surface area (Å²) in [6.07, 6.45) is 0. The molecular weight excluding hydrogens is 321 g/mol. The molecule has 0 spiro atoms. The summed E-state index contributed by atoms with van der Waals surface area (Å²) in [6.45, 7) is 3.05. The molecular formula is C17H17Cl2NO2. The normalized spacial score (nSPS) is 10.5. The summed E-state index contributed by atoms with van der Waals surface area (Å²) in [4.78, 5) is 12.1. The number of nitrogens with one attached hydrogen (secondary N) is 1. The topological polar surface area (TPSA) is 38.3 Å². The Morgan fingerprint density at radius 2 is 1.82 bits per heavy atom. The van der Waals surface area contributed by atoms with Gasteiger partial charge in [-0.3, -0.25) is 4.79 Å². The third kappa shape index (κ3) is 4.47. The molecule has 0 heterocycles. The Kier molecular flexibility index (Phi) is 5.83. The number of aryl methyl sites for hydroxylation is 1. The van der Waals surface area contributed by atoms with Gasteiger partial charge < -0.3 is 10.1 Å². The molecule has 1 N–H and O–H groups in total. The number of rotatable bonds is 5. The molecule has 116 valence electrons. The predicted molar refractivity (Wildman–Crippen MR) is 89.5 cm³/mol. The van der Waals surface area contributed by atoms with E-state index in [-0.39, 0.29) is 5.91 Å². The zero-order valence-corrected chi connectivity index (χ0v) is 14.0. The van der Waals surface area contributed by atoms with Crippen molar-refractivity contribution in [3.05, 3.63) is 68.7 Å². The molecule has 0 aliphatic rings. The zero-order chi connectivity index (χ0) is 16.1. The number of amides is 1. The molecule has 0 bridgehead atoms. The van der Waals surface area contributed by atoms with Crippen LogP contribution >= 0.6 is 23.2 Å². The molecule has 0 aliphatic heterocycles. The van der Waals surface area contributed by atoms with E-state index in [9.17, 15) is 4.79 Å². The van der Waals surface area contributed by atoms with Crippen molar-refractivity contribution in [3.8, 4) is 0 Å². The van der Waals surface area contributed by atoms with Crippen LogP contribution in [0.15, 0.2) is 36.4 Å². The molecule has 3 nitrogen and oxygen atoms in total. The lowest BCUT2D eigenvalue weighted by Crippen LogP contribution is -2.22. The zero-order valence-electron chi connectivity index (χ0n) is 12.5. The van der Waals surface area contributed by atoms with Crippen molar-refractivity contribution >= 4 is 29.1 Å². The molecule has 22 heavy (non-hydrogen) atoms. The molecule has 0 radical (unpaired) electrons. The van der Waals surface area contributed by atoms with Crippen molar-refractivity contribution in [2.24, 2.45) is 0 Å². The SMILES string of the molecule is COCc1ccc(CNC(=O)c2cc(Cl)cc(Cl)c2)cc1C. The Labute approximate surface area is 140 Å². The Bertz CT molecular complexity index is 666. The highest BCUT2D eigenvalue weighted by atomic mass is 35.5. The van der Waals surface area contributed by atoms with E-state index in [2.05, 4.69) is 5.32 Å². The van der Waals surface area contributed by atoms with Gasteiger partial charge in [-0.15, -0.1) is 0 Å². The lowest BCUT2D eigenvalue weighted by atomic mass is 10.1. The molecule has 1 amide bonds. The molecule has 0 saturated heterocycles. The maximum Gasteiger partial charge on any atom is 0.251 e. The Morgan fingerprint density at radius 1 is 1.14 bits per heavy atom. The van der Waals surface area contributed by atoms with Gasteiger partial charge in [0.25, 0.3) is 5.91 Å². The van der Waals surface area contributed by atoms with Crippen molar-refractivity contribution in [2.45, 2.75) is 20.1 Å². The molecule has 0 fully saturated rings. The second-order valence-electron chi connectivity index (χ2n) is 5.03. The molecule has 2 rings (SSSR count). The van der Waals surface area contributed by atoms with E-state index in [4.69, 9.17) is 27.9 Å². The van der Waals surface area contributed by atoms with Crippen LogP contribution < -0.4 is 5.32 Å². The van der Waals surface area contributed by atoms with Crippen molar-refractivity contribution in [2.75, 3.05) is 7.11 Å². The first-order chi connectivity index (χ1) is 10.5. The highest BCUT2D eigenvalue weighted by Gasteiger charge is 2.08. The quantitative estimate of drug-likeness (QED) is 0.879. The third-order valence-electron chi connectivity index (χ3n) is 3.28. The summed E-state index contributed by atoms with van der Waals surface area (Å²) >= 11 is 11.8. The van der Waals surface area contributed by atoms with E-state index in [0.717, 1.165) is 16.7 Å².